The number of carbonyl (C=O) groups excluding carboxylic acids is 2. The van der Waals surface area contributed by atoms with Crippen LogP contribution in [0.5, 0.6) is 0 Å². The van der Waals surface area contributed by atoms with Crippen molar-refractivity contribution in [3.63, 3.8) is 0 Å². The maximum absolute atomic E-state index is 13.9. The van der Waals surface area contributed by atoms with E-state index in [0.29, 0.717) is 17.1 Å². The second kappa shape index (κ2) is 14.0. The number of rotatable bonds is 12. The van der Waals surface area contributed by atoms with E-state index >= 15 is 0 Å². The summed E-state index contributed by atoms with van der Waals surface area (Å²) in [5.41, 5.74) is 1.56. The summed E-state index contributed by atoms with van der Waals surface area (Å²) < 4.78 is 42.2. The fourth-order valence-electron chi connectivity index (χ4n) is 3.93. The maximum atomic E-state index is 13.9. The average molecular weight is 609 g/mol. The van der Waals surface area contributed by atoms with Crippen molar-refractivity contribution < 1.29 is 22.4 Å². The summed E-state index contributed by atoms with van der Waals surface area (Å²) in [6, 6.07) is 14.9. The van der Waals surface area contributed by atoms with Crippen LogP contribution in [-0.2, 0) is 26.2 Å². The van der Waals surface area contributed by atoms with Crippen molar-refractivity contribution in [2.45, 2.75) is 51.1 Å². The van der Waals surface area contributed by atoms with Gasteiger partial charge in [0.15, 0.2) is 0 Å². The first-order chi connectivity index (χ1) is 18.9. The normalized spacial score (nSPS) is 12.1. The highest BCUT2D eigenvalue weighted by Crippen LogP contribution is 2.26. The molecule has 0 fully saturated rings. The summed E-state index contributed by atoms with van der Waals surface area (Å²) in [4.78, 5) is 28.1. The van der Waals surface area contributed by atoms with Gasteiger partial charge in [0, 0.05) is 13.1 Å². The van der Waals surface area contributed by atoms with Gasteiger partial charge in [-0.05, 0) is 74.4 Å². The predicted octanol–water partition coefficient (Wildman–Crippen LogP) is 5.97. The van der Waals surface area contributed by atoms with Crippen LogP contribution in [0.15, 0.2) is 71.6 Å². The molecule has 3 rings (SSSR count). The molecule has 0 aromatic heterocycles. The SMILES string of the molecule is CCCCNC(=O)C(C)N(Cc1ccc(Cl)c(Cl)c1)C(=O)CN(c1ccc(F)cc1)S(=O)(=O)c1ccc(C)cc1. The molecule has 0 bridgehead atoms. The molecule has 214 valence electrons. The average Bonchev–Trinajstić information content (AvgIpc) is 2.92. The van der Waals surface area contributed by atoms with E-state index in [0.717, 1.165) is 34.8 Å². The van der Waals surface area contributed by atoms with Crippen LogP contribution in [0.25, 0.3) is 0 Å². The molecule has 1 N–H and O–H groups in total. The second-order valence-corrected chi connectivity index (χ2v) is 12.1. The van der Waals surface area contributed by atoms with Crippen LogP contribution in [0.1, 0.15) is 37.8 Å². The van der Waals surface area contributed by atoms with Crippen molar-refractivity contribution in [3.8, 4) is 0 Å². The number of benzene rings is 3. The number of nitrogens with one attached hydrogen (secondary N) is 1. The number of nitrogens with zero attached hydrogens (tertiary/aromatic N) is 2. The van der Waals surface area contributed by atoms with Crippen molar-refractivity contribution in [2.24, 2.45) is 0 Å². The minimum absolute atomic E-state index is 0.0279. The number of unbranched alkanes of at least 4 members (excludes halogenated alkanes) is 1. The van der Waals surface area contributed by atoms with Gasteiger partial charge in [-0.1, -0.05) is 60.3 Å². The Morgan fingerprint density at radius 1 is 0.975 bits per heavy atom. The highest BCUT2D eigenvalue weighted by atomic mass is 35.5. The van der Waals surface area contributed by atoms with Crippen molar-refractivity contribution in [3.05, 3.63) is 93.7 Å². The first kappa shape index (κ1) is 31.4. The molecule has 0 radical (unpaired) electrons. The summed E-state index contributed by atoms with van der Waals surface area (Å²) in [5, 5.41) is 3.44. The molecule has 0 aliphatic rings. The Hall–Kier alpha value is -3.14. The number of hydrogen-bond donors (Lipinski definition) is 1. The number of sulfonamides is 1. The van der Waals surface area contributed by atoms with Crippen molar-refractivity contribution in [1.29, 1.82) is 0 Å². The zero-order valence-electron chi connectivity index (χ0n) is 22.5. The van der Waals surface area contributed by atoms with Crippen LogP contribution < -0.4 is 9.62 Å². The van der Waals surface area contributed by atoms with E-state index in [2.05, 4.69) is 5.32 Å². The van der Waals surface area contributed by atoms with E-state index in [-0.39, 0.29) is 28.1 Å². The van der Waals surface area contributed by atoms with Crippen LogP contribution >= 0.6 is 23.2 Å². The van der Waals surface area contributed by atoms with Gasteiger partial charge in [0.05, 0.1) is 20.6 Å². The lowest BCUT2D eigenvalue weighted by Crippen LogP contribution is -2.51. The van der Waals surface area contributed by atoms with Crippen molar-refractivity contribution in [2.75, 3.05) is 17.4 Å². The molecule has 1 atom stereocenters. The van der Waals surface area contributed by atoms with E-state index in [9.17, 15) is 22.4 Å². The molecule has 0 aliphatic carbocycles. The molecule has 3 aromatic carbocycles. The zero-order chi connectivity index (χ0) is 29.4. The maximum Gasteiger partial charge on any atom is 0.264 e. The van der Waals surface area contributed by atoms with Gasteiger partial charge in [0.1, 0.15) is 18.4 Å². The Labute approximate surface area is 244 Å². The number of hydrogen-bond acceptors (Lipinski definition) is 4. The van der Waals surface area contributed by atoms with Crippen molar-refractivity contribution in [1.82, 2.24) is 10.2 Å². The largest absolute Gasteiger partial charge is 0.354 e. The Kier molecular flexibility index (Phi) is 11.0. The molecule has 0 saturated heterocycles. The Balaban J connectivity index is 2.01. The summed E-state index contributed by atoms with van der Waals surface area (Å²) in [6.07, 6.45) is 1.65. The minimum Gasteiger partial charge on any atom is -0.354 e. The molecule has 0 saturated carbocycles. The lowest BCUT2D eigenvalue weighted by Gasteiger charge is -2.32. The molecule has 3 aromatic rings. The van der Waals surface area contributed by atoms with E-state index in [1.54, 1.807) is 37.3 Å². The van der Waals surface area contributed by atoms with E-state index in [1.165, 1.54) is 29.2 Å². The molecule has 0 aliphatic heterocycles. The van der Waals surface area contributed by atoms with Gasteiger partial charge in [-0.15, -0.1) is 0 Å². The van der Waals surface area contributed by atoms with Gasteiger partial charge in [0.2, 0.25) is 11.8 Å². The second-order valence-electron chi connectivity index (χ2n) is 9.39. The van der Waals surface area contributed by atoms with E-state index < -0.39 is 34.3 Å². The highest BCUT2D eigenvalue weighted by Gasteiger charge is 2.32. The molecule has 0 spiro atoms. The van der Waals surface area contributed by atoms with Gasteiger partial charge in [-0.3, -0.25) is 13.9 Å². The predicted molar refractivity (Wildman–Crippen MR) is 157 cm³/mol. The number of aryl methyl sites for hydroxylation is 1. The van der Waals surface area contributed by atoms with Crippen LogP contribution in [0.2, 0.25) is 10.0 Å². The van der Waals surface area contributed by atoms with Gasteiger partial charge in [-0.25, -0.2) is 12.8 Å². The minimum atomic E-state index is -4.24. The van der Waals surface area contributed by atoms with Crippen LogP contribution in [0, 0.1) is 12.7 Å². The molecule has 40 heavy (non-hydrogen) atoms. The molecule has 2 amide bonds. The first-order valence-corrected chi connectivity index (χ1v) is 15.0. The summed E-state index contributed by atoms with van der Waals surface area (Å²) in [5.74, 6) is -1.57. The quantitative estimate of drug-likeness (QED) is 0.257. The fraction of sp³-hybridized carbons (Fsp3) is 0.310. The monoisotopic (exact) mass is 607 g/mol. The third-order valence-corrected chi connectivity index (χ3v) is 8.86. The third kappa shape index (κ3) is 7.96. The van der Waals surface area contributed by atoms with Gasteiger partial charge in [0.25, 0.3) is 10.0 Å². The Morgan fingerprint density at radius 2 is 1.62 bits per heavy atom. The smallest absolute Gasteiger partial charge is 0.264 e. The zero-order valence-corrected chi connectivity index (χ0v) is 24.9. The number of anilines is 1. The number of carbonyl (C=O) groups is 2. The molecule has 0 heterocycles. The van der Waals surface area contributed by atoms with E-state index in [1.807, 2.05) is 13.8 Å². The summed E-state index contributed by atoms with van der Waals surface area (Å²) >= 11 is 12.2. The molecular formula is C29H32Cl2FN3O4S. The standard InChI is InChI=1S/C29H32Cl2FN3O4S/c1-4-5-16-33-29(37)21(3)34(18-22-8-15-26(30)27(31)17-22)28(36)19-35(24-11-9-23(32)10-12-24)40(38,39)25-13-6-20(2)7-14-25/h6-15,17,21H,4-5,16,18-19H2,1-3H3,(H,33,37). The lowest BCUT2D eigenvalue weighted by atomic mass is 10.1. The highest BCUT2D eigenvalue weighted by molar-refractivity contribution is 7.92. The number of amides is 2. The topological polar surface area (TPSA) is 86.8 Å². The first-order valence-electron chi connectivity index (χ1n) is 12.8. The lowest BCUT2D eigenvalue weighted by molar-refractivity contribution is -0.139. The van der Waals surface area contributed by atoms with Gasteiger partial charge >= 0.3 is 0 Å². The van der Waals surface area contributed by atoms with Crippen LogP contribution in [-0.4, -0.2) is 44.3 Å². The Morgan fingerprint density at radius 3 is 2.23 bits per heavy atom. The van der Waals surface area contributed by atoms with Crippen LogP contribution in [0.3, 0.4) is 0 Å². The molecule has 7 nitrogen and oxygen atoms in total. The van der Waals surface area contributed by atoms with Gasteiger partial charge < -0.3 is 10.2 Å². The molecular weight excluding hydrogens is 576 g/mol. The fourth-order valence-corrected chi connectivity index (χ4v) is 5.66. The van der Waals surface area contributed by atoms with Crippen LogP contribution in [0.4, 0.5) is 10.1 Å². The Bertz CT molecular complexity index is 1430. The summed E-state index contributed by atoms with van der Waals surface area (Å²) in [6.45, 7) is 5.18. The molecule has 11 heteroatoms. The third-order valence-electron chi connectivity index (χ3n) is 6.34. The summed E-state index contributed by atoms with van der Waals surface area (Å²) in [7, 11) is -4.24. The van der Waals surface area contributed by atoms with Gasteiger partial charge in [-0.2, -0.15) is 0 Å². The van der Waals surface area contributed by atoms with Crippen molar-refractivity contribution >= 4 is 50.7 Å². The molecule has 1 unspecified atom stereocenters. The van der Waals surface area contributed by atoms with E-state index in [4.69, 9.17) is 23.2 Å². The number of halogens is 3.